The van der Waals surface area contributed by atoms with Crippen molar-refractivity contribution in [2.24, 2.45) is 0 Å². The lowest BCUT2D eigenvalue weighted by Crippen LogP contribution is -2.41. The number of methoxy groups -OCH3 is 1. The zero-order valence-electron chi connectivity index (χ0n) is 14.0. The lowest BCUT2D eigenvalue weighted by atomic mass is 10.1. The zero-order chi connectivity index (χ0) is 18.2. The first kappa shape index (κ1) is 19.0. The molecule has 0 aliphatic heterocycles. The van der Waals surface area contributed by atoms with Gasteiger partial charge in [-0.25, -0.2) is 0 Å². The molecule has 2 amide bonds. The summed E-state index contributed by atoms with van der Waals surface area (Å²) in [4.78, 5) is 24.5. The molecular formula is C18H19BrN2O4. The quantitative estimate of drug-likeness (QED) is 0.571. The van der Waals surface area contributed by atoms with Crippen molar-refractivity contribution < 1.29 is 19.1 Å². The third-order valence-corrected chi connectivity index (χ3v) is 3.83. The van der Waals surface area contributed by atoms with E-state index >= 15 is 0 Å². The van der Waals surface area contributed by atoms with E-state index in [2.05, 4.69) is 26.8 Å². The predicted molar refractivity (Wildman–Crippen MR) is 97.6 cm³/mol. The van der Waals surface area contributed by atoms with Crippen LogP contribution in [0.2, 0.25) is 0 Å². The van der Waals surface area contributed by atoms with Crippen molar-refractivity contribution in [1.29, 1.82) is 0 Å². The minimum absolute atomic E-state index is 0.301. The van der Waals surface area contributed by atoms with Crippen LogP contribution in [0.4, 0.5) is 0 Å². The fourth-order valence-corrected chi connectivity index (χ4v) is 2.36. The van der Waals surface area contributed by atoms with Gasteiger partial charge in [-0.05, 0) is 37.3 Å². The average Bonchev–Trinajstić information content (AvgIpc) is 2.61. The SMILES string of the molecule is COCCOc1ccc(Br)cc1C(=O)NNC(=O)c1ccc(C)cc1. The molecule has 2 N–H and O–H groups in total. The molecule has 0 fully saturated rings. The molecule has 132 valence electrons. The molecule has 2 aromatic rings. The first-order chi connectivity index (χ1) is 12.0. The number of halogens is 1. The zero-order valence-corrected chi connectivity index (χ0v) is 15.6. The topological polar surface area (TPSA) is 76.7 Å². The molecule has 0 unspecified atom stereocenters. The first-order valence-corrected chi connectivity index (χ1v) is 8.39. The fourth-order valence-electron chi connectivity index (χ4n) is 2.00. The number of aryl methyl sites for hydroxylation is 1. The number of nitrogens with one attached hydrogen (secondary N) is 2. The normalized spacial score (nSPS) is 10.2. The highest BCUT2D eigenvalue weighted by molar-refractivity contribution is 9.10. The maximum absolute atomic E-state index is 12.4. The van der Waals surface area contributed by atoms with Crippen molar-refractivity contribution >= 4 is 27.7 Å². The van der Waals surface area contributed by atoms with Gasteiger partial charge in [-0.15, -0.1) is 0 Å². The van der Waals surface area contributed by atoms with Crippen molar-refractivity contribution in [2.75, 3.05) is 20.3 Å². The molecule has 0 bridgehead atoms. The van der Waals surface area contributed by atoms with Gasteiger partial charge in [0.05, 0.1) is 12.2 Å². The molecule has 0 saturated heterocycles. The number of rotatable bonds is 6. The number of benzene rings is 2. The van der Waals surface area contributed by atoms with E-state index in [9.17, 15) is 9.59 Å². The average molecular weight is 407 g/mol. The number of hydrogen-bond donors (Lipinski definition) is 2. The monoisotopic (exact) mass is 406 g/mol. The lowest BCUT2D eigenvalue weighted by Gasteiger charge is -2.12. The summed E-state index contributed by atoms with van der Waals surface area (Å²) in [6.45, 7) is 2.65. The highest BCUT2D eigenvalue weighted by Crippen LogP contribution is 2.23. The van der Waals surface area contributed by atoms with E-state index in [1.165, 1.54) is 0 Å². The molecule has 0 aliphatic rings. The highest BCUT2D eigenvalue weighted by Gasteiger charge is 2.15. The highest BCUT2D eigenvalue weighted by atomic mass is 79.9. The summed E-state index contributed by atoms with van der Waals surface area (Å²) in [6.07, 6.45) is 0. The van der Waals surface area contributed by atoms with Crippen LogP contribution < -0.4 is 15.6 Å². The second-order valence-corrected chi connectivity index (χ2v) is 6.17. The van der Waals surface area contributed by atoms with Gasteiger partial charge in [0.25, 0.3) is 11.8 Å². The Bertz CT molecular complexity index is 747. The summed E-state index contributed by atoms with van der Waals surface area (Å²) < 4.78 is 11.2. The van der Waals surface area contributed by atoms with E-state index in [0.717, 1.165) is 10.0 Å². The minimum atomic E-state index is -0.478. The Hall–Kier alpha value is -2.38. The van der Waals surface area contributed by atoms with Gasteiger partial charge in [0.1, 0.15) is 12.4 Å². The number of carbonyl (C=O) groups excluding carboxylic acids is 2. The van der Waals surface area contributed by atoms with Crippen LogP contribution in [0.5, 0.6) is 5.75 Å². The van der Waals surface area contributed by atoms with Crippen molar-refractivity contribution in [3.05, 3.63) is 63.6 Å². The first-order valence-electron chi connectivity index (χ1n) is 7.60. The van der Waals surface area contributed by atoms with Gasteiger partial charge in [0, 0.05) is 17.1 Å². The molecule has 0 aliphatic carbocycles. The smallest absolute Gasteiger partial charge is 0.273 e. The van der Waals surface area contributed by atoms with Crippen LogP contribution in [0.1, 0.15) is 26.3 Å². The van der Waals surface area contributed by atoms with E-state index in [1.54, 1.807) is 37.4 Å². The molecule has 0 heterocycles. The molecule has 25 heavy (non-hydrogen) atoms. The number of carbonyl (C=O) groups is 2. The third-order valence-electron chi connectivity index (χ3n) is 3.33. The van der Waals surface area contributed by atoms with Crippen LogP contribution in [0, 0.1) is 6.92 Å². The summed E-state index contributed by atoms with van der Waals surface area (Å²) in [5, 5.41) is 0. The van der Waals surface area contributed by atoms with Gasteiger partial charge in [-0.3, -0.25) is 20.4 Å². The molecule has 6 nitrogen and oxygen atoms in total. The van der Waals surface area contributed by atoms with E-state index < -0.39 is 11.8 Å². The number of amides is 2. The van der Waals surface area contributed by atoms with Crippen LogP contribution >= 0.6 is 15.9 Å². The Morgan fingerprint density at radius 1 is 1.00 bits per heavy atom. The van der Waals surface area contributed by atoms with Gasteiger partial charge in [-0.2, -0.15) is 0 Å². The molecule has 2 aromatic carbocycles. The summed E-state index contributed by atoms with van der Waals surface area (Å²) in [7, 11) is 1.57. The van der Waals surface area contributed by atoms with Crippen LogP contribution in [-0.2, 0) is 4.74 Å². The molecule has 0 aromatic heterocycles. The molecule has 2 rings (SSSR count). The van der Waals surface area contributed by atoms with Crippen LogP contribution in [-0.4, -0.2) is 32.1 Å². The maximum Gasteiger partial charge on any atom is 0.273 e. The maximum atomic E-state index is 12.4. The minimum Gasteiger partial charge on any atom is -0.490 e. The van der Waals surface area contributed by atoms with E-state index in [4.69, 9.17) is 9.47 Å². The molecule has 0 spiro atoms. The largest absolute Gasteiger partial charge is 0.490 e. The molecule has 0 saturated carbocycles. The Morgan fingerprint density at radius 2 is 1.68 bits per heavy atom. The van der Waals surface area contributed by atoms with Gasteiger partial charge in [0.15, 0.2) is 0 Å². The number of hydrazine groups is 1. The van der Waals surface area contributed by atoms with Crippen molar-refractivity contribution in [3.63, 3.8) is 0 Å². The van der Waals surface area contributed by atoms with Crippen LogP contribution in [0.15, 0.2) is 46.9 Å². The Morgan fingerprint density at radius 3 is 2.36 bits per heavy atom. The Kier molecular flexibility index (Phi) is 6.97. The summed E-state index contributed by atoms with van der Waals surface area (Å²) in [5.41, 5.74) is 6.60. The second kappa shape index (κ2) is 9.19. The molecule has 7 heteroatoms. The van der Waals surface area contributed by atoms with Crippen molar-refractivity contribution in [1.82, 2.24) is 10.9 Å². The number of hydrogen-bond acceptors (Lipinski definition) is 4. The standard InChI is InChI=1S/C18H19BrN2O4/c1-12-3-5-13(6-4-12)17(22)20-21-18(23)15-11-14(19)7-8-16(15)25-10-9-24-2/h3-8,11H,9-10H2,1-2H3,(H,20,22)(H,21,23). The van der Waals surface area contributed by atoms with Gasteiger partial charge in [0.2, 0.25) is 0 Å². The van der Waals surface area contributed by atoms with Crippen molar-refractivity contribution in [3.8, 4) is 5.75 Å². The van der Waals surface area contributed by atoms with Crippen LogP contribution in [0.3, 0.4) is 0 Å². The Balaban J connectivity index is 2.03. The molecule has 0 atom stereocenters. The predicted octanol–water partition coefficient (Wildman–Crippen LogP) is 2.86. The van der Waals surface area contributed by atoms with Gasteiger partial charge >= 0.3 is 0 Å². The van der Waals surface area contributed by atoms with E-state index in [-0.39, 0.29) is 0 Å². The number of ether oxygens (including phenoxy) is 2. The lowest BCUT2D eigenvalue weighted by molar-refractivity contribution is 0.0842. The van der Waals surface area contributed by atoms with Crippen molar-refractivity contribution in [2.45, 2.75) is 6.92 Å². The van der Waals surface area contributed by atoms with E-state index in [1.807, 2.05) is 19.1 Å². The molecular weight excluding hydrogens is 388 g/mol. The molecule has 0 radical (unpaired) electrons. The summed E-state index contributed by atoms with van der Waals surface area (Å²) in [6, 6.07) is 12.1. The van der Waals surface area contributed by atoms with Crippen LogP contribution in [0.25, 0.3) is 0 Å². The fraction of sp³-hybridized carbons (Fsp3) is 0.222. The summed E-state index contributed by atoms with van der Waals surface area (Å²) in [5.74, 6) is -0.471. The van der Waals surface area contributed by atoms with Gasteiger partial charge < -0.3 is 9.47 Å². The van der Waals surface area contributed by atoms with E-state index in [0.29, 0.717) is 30.1 Å². The summed E-state index contributed by atoms with van der Waals surface area (Å²) >= 11 is 3.32. The second-order valence-electron chi connectivity index (χ2n) is 5.26. The van der Waals surface area contributed by atoms with Gasteiger partial charge in [-0.1, -0.05) is 33.6 Å². The third kappa shape index (κ3) is 5.58. The Labute approximate surface area is 154 Å².